The number of hydrogen-bond acceptors (Lipinski definition) is 3. The van der Waals surface area contributed by atoms with E-state index in [-0.39, 0.29) is 5.54 Å². The van der Waals surface area contributed by atoms with Gasteiger partial charge in [-0.05, 0) is 39.9 Å². The van der Waals surface area contributed by atoms with Crippen LogP contribution in [0.25, 0.3) is 0 Å². The number of hydrogen-bond donors (Lipinski definition) is 1. The summed E-state index contributed by atoms with van der Waals surface area (Å²) < 4.78 is 0. The van der Waals surface area contributed by atoms with Crippen molar-refractivity contribution in [2.45, 2.75) is 50.1 Å². The van der Waals surface area contributed by atoms with E-state index in [4.69, 9.17) is 5.73 Å². The van der Waals surface area contributed by atoms with Crippen LogP contribution in [0.1, 0.15) is 38.5 Å². The van der Waals surface area contributed by atoms with Crippen molar-refractivity contribution in [3.8, 4) is 0 Å². The lowest BCUT2D eigenvalue weighted by Crippen LogP contribution is -2.57. The Bertz CT molecular complexity index is 225. The molecule has 1 unspecified atom stereocenters. The third-order valence-corrected chi connectivity index (χ3v) is 4.77. The molecule has 0 radical (unpaired) electrons. The Balaban J connectivity index is 2.02. The maximum atomic E-state index is 6.07. The molecule has 16 heavy (non-hydrogen) atoms. The van der Waals surface area contributed by atoms with Crippen LogP contribution in [0.2, 0.25) is 0 Å². The van der Waals surface area contributed by atoms with Crippen LogP contribution in [0.4, 0.5) is 0 Å². The van der Waals surface area contributed by atoms with Crippen LogP contribution in [0.5, 0.6) is 0 Å². The topological polar surface area (TPSA) is 32.5 Å². The molecular weight excluding hydrogens is 198 g/mol. The minimum absolute atomic E-state index is 0.261. The van der Waals surface area contributed by atoms with E-state index in [0.29, 0.717) is 0 Å². The van der Waals surface area contributed by atoms with Crippen LogP contribution in [0, 0.1) is 0 Å². The van der Waals surface area contributed by atoms with Crippen molar-refractivity contribution in [1.29, 1.82) is 0 Å². The van der Waals surface area contributed by atoms with Gasteiger partial charge in [0.1, 0.15) is 0 Å². The summed E-state index contributed by atoms with van der Waals surface area (Å²) in [7, 11) is 4.52. The van der Waals surface area contributed by atoms with E-state index in [9.17, 15) is 0 Å². The lowest BCUT2D eigenvalue weighted by atomic mass is 9.88. The van der Waals surface area contributed by atoms with Crippen molar-refractivity contribution in [1.82, 2.24) is 9.80 Å². The molecule has 1 saturated carbocycles. The number of nitrogens with two attached hydrogens (primary N) is 1. The molecule has 0 spiro atoms. The molecule has 0 amide bonds. The zero-order chi connectivity index (χ0) is 11.6. The fourth-order valence-corrected chi connectivity index (χ4v) is 3.51. The normalized spacial score (nSPS) is 33.8. The van der Waals surface area contributed by atoms with E-state index in [2.05, 4.69) is 23.9 Å². The summed E-state index contributed by atoms with van der Waals surface area (Å²) >= 11 is 0. The van der Waals surface area contributed by atoms with Crippen molar-refractivity contribution >= 4 is 0 Å². The molecule has 1 aliphatic carbocycles. The molecule has 0 bridgehead atoms. The average Bonchev–Trinajstić information content (AvgIpc) is 2.72. The summed E-state index contributed by atoms with van der Waals surface area (Å²) in [5, 5.41) is 0. The number of rotatable bonds is 3. The Hall–Kier alpha value is -0.120. The van der Waals surface area contributed by atoms with Gasteiger partial charge < -0.3 is 10.6 Å². The third kappa shape index (κ3) is 2.27. The molecule has 2 rings (SSSR count). The van der Waals surface area contributed by atoms with Crippen LogP contribution in [-0.2, 0) is 0 Å². The van der Waals surface area contributed by atoms with Crippen LogP contribution < -0.4 is 5.73 Å². The minimum Gasteiger partial charge on any atom is -0.329 e. The minimum atomic E-state index is 0.261. The smallest absolute Gasteiger partial charge is 0.0470 e. The highest BCUT2D eigenvalue weighted by Gasteiger charge is 2.41. The highest BCUT2D eigenvalue weighted by atomic mass is 15.3. The summed E-state index contributed by atoms with van der Waals surface area (Å²) in [5.74, 6) is 0. The van der Waals surface area contributed by atoms with Gasteiger partial charge in [-0.3, -0.25) is 4.90 Å². The van der Waals surface area contributed by atoms with Crippen molar-refractivity contribution in [3.05, 3.63) is 0 Å². The van der Waals surface area contributed by atoms with Crippen LogP contribution >= 0.6 is 0 Å². The lowest BCUT2D eigenvalue weighted by molar-refractivity contribution is 0.0645. The summed E-state index contributed by atoms with van der Waals surface area (Å²) in [6.07, 6.45) is 8.24. The fourth-order valence-electron chi connectivity index (χ4n) is 3.51. The molecule has 3 nitrogen and oxygen atoms in total. The highest BCUT2D eigenvalue weighted by molar-refractivity contribution is 5.00. The lowest BCUT2D eigenvalue weighted by Gasteiger charge is -2.44. The first-order chi connectivity index (χ1) is 7.68. The zero-order valence-corrected chi connectivity index (χ0v) is 10.9. The molecule has 1 aliphatic heterocycles. The first-order valence-corrected chi connectivity index (χ1v) is 6.79. The van der Waals surface area contributed by atoms with E-state index in [1.54, 1.807) is 0 Å². The second kappa shape index (κ2) is 5.03. The first kappa shape index (κ1) is 12.3. The van der Waals surface area contributed by atoms with Crippen LogP contribution in [0.15, 0.2) is 0 Å². The Morgan fingerprint density at radius 1 is 1.31 bits per heavy atom. The molecule has 1 saturated heterocycles. The molecule has 3 heteroatoms. The van der Waals surface area contributed by atoms with Gasteiger partial charge in [-0.2, -0.15) is 0 Å². The number of nitrogens with zero attached hydrogens (tertiary/aromatic N) is 2. The highest BCUT2D eigenvalue weighted by Crippen LogP contribution is 2.31. The molecule has 0 aromatic carbocycles. The van der Waals surface area contributed by atoms with E-state index in [1.165, 1.54) is 45.1 Å². The molecule has 2 aliphatic rings. The summed E-state index contributed by atoms with van der Waals surface area (Å²) in [4.78, 5) is 5.04. The zero-order valence-electron chi connectivity index (χ0n) is 10.9. The predicted octanol–water partition coefficient (Wildman–Crippen LogP) is 1.28. The van der Waals surface area contributed by atoms with Crippen molar-refractivity contribution in [2.24, 2.45) is 5.73 Å². The monoisotopic (exact) mass is 225 g/mol. The van der Waals surface area contributed by atoms with Crippen molar-refractivity contribution in [3.63, 3.8) is 0 Å². The largest absolute Gasteiger partial charge is 0.329 e. The quantitative estimate of drug-likeness (QED) is 0.785. The summed E-state index contributed by atoms with van der Waals surface area (Å²) in [5.41, 5.74) is 6.33. The van der Waals surface area contributed by atoms with Crippen LogP contribution in [-0.4, -0.2) is 55.1 Å². The summed E-state index contributed by atoms with van der Waals surface area (Å²) in [6.45, 7) is 3.16. The SMILES string of the molecule is CN1CCC(CN)(N(C)C2CCCCC2)C1. The standard InChI is InChI=1S/C13H27N3/c1-15-9-8-13(10-14,11-15)16(2)12-6-4-3-5-7-12/h12H,3-11,14H2,1-2H3. The summed E-state index contributed by atoms with van der Waals surface area (Å²) in [6, 6.07) is 0.781. The van der Waals surface area contributed by atoms with E-state index < -0.39 is 0 Å². The maximum Gasteiger partial charge on any atom is 0.0470 e. The van der Waals surface area contributed by atoms with E-state index >= 15 is 0 Å². The van der Waals surface area contributed by atoms with Gasteiger partial charge in [0, 0.05) is 24.7 Å². The molecule has 2 N–H and O–H groups in total. The van der Waals surface area contributed by atoms with E-state index in [1.807, 2.05) is 0 Å². The first-order valence-electron chi connectivity index (χ1n) is 6.79. The Morgan fingerprint density at radius 2 is 2.00 bits per heavy atom. The molecule has 1 atom stereocenters. The maximum absolute atomic E-state index is 6.07. The molecule has 1 heterocycles. The van der Waals surface area contributed by atoms with Gasteiger partial charge in [0.05, 0.1) is 0 Å². The molecular formula is C13H27N3. The van der Waals surface area contributed by atoms with Crippen LogP contribution in [0.3, 0.4) is 0 Å². The second-order valence-corrected chi connectivity index (χ2v) is 5.82. The number of likely N-dealkylation sites (tertiary alicyclic amines) is 1. The molecule has 0 aromatic heterocycles. The second-order valence-electron chi connectivity index (χ2n) is 5.82. The van der Waals surface area contributed by atoms with Gasteiger partial charge in [0.2, 0.25) is 0 Å². The molecule has 0 aromatic rings. The Labute approximate surface area is 100.0 Å². The van der Waals surface area contributed by atoms with Gasteiger partial charge in [0.15, 0.2) is 0 Å². The van der Waals surface area contributed by atoms with Crippen molar-refractivity contribution in [2.75, 3.05) is 33.7 Å². The molecule has 94 valence electrons. The van der Waals surface area contributed by atoms with Gasteiger partial charge in [-0.1, -0.05) is 19.3 Å². The van der Waals surface area contributed by atoms with Crippen molar-refractivity contribution < 1.29 is 0 Å². The predicted molar refractivity (Wildman–Crippen MR) is 68.5 cm³/mol. The van der Waals surface area contributed by atoms with E-state index in [0.717, 1.165) is 19.1 Å². The van der Waals surface area contributed by atoms with Gasteiger partial charge >= 0.3 is 0 Å². The number of likely N-dealkylation sites (N-methyl/N-ethyl adjacent to an activating group) is 2. The fraction of sp³-hybridized carbons (Fsp3) is 1.00. The van der Waals surface area contributed by atoms with Gasteiger partial charge in [-0.15, -0.1) is 0 Å². The Kier molecular flexibility index (Phi) is 3.88. The third-order valence-electron chi connectivity index (χ3n) is 4.77. The average molecular weight is 225 g/mol. The molecule has 2 fully saturated rings. The van der Waals surface area contributed by atoms with Gasteiger partial charge in [-0.25, -0.2) is 0 Å². The van der Waals surface area contributed by atoms with Gasteiger partial charge in [0.25, 0.3) is 0 Å². The Morgan fingerprint density at radius 3 is 2.50 bits per heavy atom.